The Bertz CT molecular complexity index is 215. The van der Waals surface area contributed by atoms with Crippen molar-refractivity contribution in [3.05, 3.63) is 0 Å². The van der Waals surface area contributed by atoms with Gasteiger partial charge < -0.3 is 10.4 Å². The summed E-state index contributed by atoms with van der Waals surface area (Å²) in [7, 11) is 0. The van der Waals surface area contributed by atoms with Crippen molar-refractivity contribution in [2.75, 3.05) is 13.2 Å². The molecule has 15 heavy (non-hydrogen) atoms. The van der Waals surface area contributed by atoms with E-state index in [0.717, 1.165) is 24.8 Å². The van der Waals surface area contributed by atoms with Crippen LogP contribution >= 0.6 is 0 Å². The first kappa shape index (κ1) is 11.4. The van der Waals surface area contributed by atoms with Gasteiger partial charge in [0.15, 0.2) is 0 Å². The summed E-state index contributed by atoms with van der Waals surface area (Å²) >= 11 is 0. The van der Waals surface area contributed by atoms with Crippen molar-refractivity contribution in [3.8, 4) is 0 Å². The Labute approximate surface area is 93.5 Å². The Kier molecular flexibility index (Phi) is 3.36. The van der Waals surface area contributed by atoms with Crippen molar-refractivity contribution in [1.82, 2.24) is 5.32 Å². The molecule has 3 unspecified atom stereocenters. The molecule has 2 aliphatic carbocycles. The fourth-order valence-electron chi connectivity index (χ4n) is 2.92. The molecule has 2 fully saturated rings. The van der Waals surface area contributed by atoms with E-state index in [1.807, 2.05) is 0 Å². The lowest BCUT2D eigenvalue weighted by Gasteiger charge is -2.44. The van der Waals surface area contributed by atoms with E-state index in [4.69, 9.17) is 0 Å². The van der Waals surface area contributed by atoms with Crippen LogP contribution in [0.2, 0.25) is 0 Å². The van der Waals surface area contributed by atoms with E-state index in [1.165, 1.54) is 25.7 Å². The summed E-state index contributed by atoms with van der Waals surface area (Å²) in [6.07, 6.45) is 6.46. The van der Waals surface area contributed by atoms with Crippen molar-refractivity contribution in [2.24, 2.45) is 17.8 Å². The maximum absolute atomic E-state index is 9.67. The van der Waals surface area contributed by atoms with Crippen LogP contribution in [-0.4, -0.2) is 23.8 Å². The lowest BCUT2D eigenvalue weighted by Crippen LogP contribution is -2.56. The largest absolute Gasteiger partial charge is 0.394 e. The van der Waals surface area contributed by atoms with E-state index >= 15 is 0 Å². The van der Waals surface area contributed by atoms with Gasteiger partial charge in [-0.15, -0.1) is 0 Å². The number of rotatable bonds is 4. The molecule has 0 aliphatic heterocycles. The van der Waals surface area contributed by atoms with Crippen LogP contribution in [0.25, 0.3) is 0 Å². The van der Waals surface area contributed by atoms with Crippen molar-refractivity contribution in [3.63, 3.8) is 0 Å². The van der Waals surface area contributed by atoms with Gasteiger partial charge in [0, 0.05) is 5.54 Å². The van der Waals surface area contributed by atoms with Gasteiger partial charge in [-0.3, -0.25) is 0 Å². The van der Waals surface area contributed by atoms with Crippen LogP contribution in [0.5, 0.6) is 0 Å². The predicted molar refractivity (Wildman–Crippen MR) is 62.7 cm³/mol. The zero-order valence-corrected chi connectivity index (χ0v) is 10.1. The number of hydrogen-bond donors (Lipinski definition) is 2. The van der Waals surface area contributed by atoms with E-state index < -0.39 is 0 Å². The van der Waals surface area contributed by atoms with Crippen molar-refractivity contribution < 1.29 is 5.11 Å². The lowest BCUT2D eigenvalue weighted by atomic mass is 9.70. The van der Waals surface area contributed by atoms with Gasteiger partial charge in [0.2, 0.25) is 0 Å². The van der Waals surface area contributed by atoms with E-state index in [9.17, 15) is 5.11 Å². The molecule has 0 bridgehead atoms. The molecule has 3 atom stereocenters. The first-order valence-corrected chi connectivity index (χ1v) is 6.52. The molecular formula is C13H25NO. The Morgan fingerprint density at radius 3 is 2.53 bits per heavy atom. The van der Waals surface area contributed by atoms with Crippen molar-refractivity contribution in [2.45, 2.75) is 51.5 Å². The fraction of sp³-hybridized carbons (Fsp3) is 1.00. The predicted octanol–water partition coefficient (Wildman–Crippen LogP) is 2.17. The third-order valence-corrected chi connectivity index (χ3v) is 4.50. The van der Waals surface area contributed by atoms with Crippen molar-refractivity contribution >= 4 is 0 Å². The van der Waals surface area contributed by atoms with Gasteiger partial charge in [0.1, 0.15) is 0 Å². The van der Waals surface area contributed by atoms with Crippen LogP contribution in [0, 0.1) is 17.8 Å². The molecule has 2 saturated carbocycles. The Morgan fingerprint density at radius 1 is 1.27 bits per heavy atom. The molecule has 2 aliphatic rings. The molecule has 0 saturated heterocycles. The second kappa shape index (κ2) is 4.42. The van der Waals surface area contributed by atoms with Gasteiger partial charge in [0.25, 0.3) is 0 Å². The van der Waals surface area contributed by atoms with E-state index in [2.05, 4.69) is 19.2 Å². The van der Waals surface area contributed by atoms with Crippen LogP contribution in [0.1, 0.15) is 46.0 Å². The van der Waals surface area contributed by atoms with E-state index in [-0.39, 0.29) is 5.54 Å². The summed E-state index contributed by atoms with van der Waals surface area (Å²) < 4.78 is 0. The fourth-order valence-corrected chi connectivity index (χ4v) is 2.92. The second-order valence-corrected chi connectivity index (χ2v) is 5.92. The first-order chi connectivity index (χ1) is 7.16. The molecular weight excluding hydrogens is 186 g/mol. The van der Waals surface area contributed by atoms with Crippen LogP contribution in [0.3, 0.4) is 0 Å². The highest BCUT2D eigenvalue weighted by Gasteiger charge is 2.40. The molecule has 0 spiro atoms. The van der Waals surface area contributed by atoms with Gasteiger partial charge >= 0.3 is 0 Å². The molecule has 2 heteroatoms. The van der Waals surface area contributed by atoms with Gasteiger partial charge in [-0.25, -0.2) is 0 Å². The number of aliphatic hydroxyl groups excluding tert-OH is 1. The lowest BCUT2D eigenvalue weighted by molar-refractivity contribution is 0.0567. The normalized spacial score (nSPS) is 41.8. The SMILES string of the molecule is CC1CCC(CO)(NCC2CC2)C(C)C1. The smallest absolute Gasteiger partial charge is 0.0615 e. The van der Waals surface area contributed by atoms with E-state index in [1.54, 1.807) is 0 Å². The first-order valence-electron chi connectivity index (χ1n) is 6.52. The highest BCUT2D eigenvalue weighted by molar-refractivity contribution is 4.97. The van der Waals surface area contributed by atoms with Crippen molar-refractivity contribution in [1.29, 1.82) is 0 Å². The summed E-state index contributed by atoms with van der Waals surface area (Å²) in [6.45, 7) is 6.07. The molecule has 2 N–H and O–H groups in total. The molecule has 0 aromatic rings. The average molecular weight is 211 g/mol. The maximum Gasteiger partial charge on any atom is 0.0615 e. The van der Waals surface area contributed by atoms with Gasteiger partial charge in [-0.05, 0) is 56.4 Å². The molecule has 0 heterocycles. The molecule has 0 radical (unpaired) electrons. The summed E-state index contributed by atoms with van der Waals surface area (Å²) in [5, 5.41) is 13.3. The standard InChI is InChI=1S/C13H25NO/c1-10-5-6-13(9-15,11(2)7-10)14-8-12-3-4-12/h10-12,14-15H,3-9H2,1-2H3. The molecule has 88 valence electrons. The summed E-state index contributed by atoms with van der Waals surface area (Å²) in [5.41, 5.74) is 0.0368. The third-order valence-electron chi connectivity index (χ3n) is 4.50. The number of nitrogens with one attached hydrogen (secondary N) is 1. The minimum Gasteiger partial charge on any atom is -0.394 e. The van der Waals surface area contributed by atoms with Crippen LogP contribution < -0.4 is 5.32 Å². The Hall–Kier alpha value is -0.0800. The molecule has 2 rings (SSSR count). The molecule has 0 amide bonds. The monoisotopic (exact) mass is 211 g/mol. The minimum absolute atomic E-state index is 0.0368. The topological polar surface area (TPSA) is 32.3 Å². The molecule has 2 nitrogen and oxygen atoms in total. The van der Waals surface area contributed by atoms with Gasteiger partial charge in [-0.2, -0.15) is 0 Å². The zero-order chi connectivity index (χ0) is 10.9. The minimum atomic E-state index is 0.0368. The van der Waals surface area contributed by atoms with Crippen LogP contribution in [0.15, 0.2) is 0 Å². The third kappa shape index (κ3) is 2.54. The Balaban J connectivity index is 1.92. The molecule has 0 aromatic heterocycles. The van der Waals surface area contributed by atoms with Gasteiger partial charge in [-0.1, -0.05) is 13.8 Å². The average Bonchev–Trinajstić information content (AvgIpc) is 3.01. The second-order valence-electron chi connectivity index (χ2n) is 5.92. The quantitative estimate of drug-likeness (QED) is 0.747. The van der Waals surface area contributed by atoms with Crippen LogP contribution in [0.4, 0.5) is 0 Å². The summed E-state index contributed by atoms with van der Waals surface area (Å²) in [6, 6.07) is 0. The molecule has 0 aromatic carbocycles. The number of aliphatic hydroxyl groups is 1. The van der Waals surface area contributed by atoms with Crippen LogP contribution in [-0.2, 0) is 0 Å². The Morgan fingerprint density at radius 2 is 2.00 bits per heavy atom. The summed E-state index contributed by atoms with van der Waals surface area (Å²) in [5.74, 6) is 2.35. The zero-order valence-electron chi connectivity index (χ0n) is 10.1. The number of hydrogen-bond acceptors (Lipinski definition) is 2. The summed E-state index contributed by atoms with van der Waals surface area (Å²) in [4.78, 5) is 0. The van der Waals surface area contributed by atoms with E-state index in [0.29, 0.717) is 12.5 Å². The highest BCUT2D eigenvalue weighted by Crippen LogP contribution is 2.37. The maximum atomic E-state index is 9.67. The van der Waals surface area contributed by atoms with Gasteiger partial charge in [0.05, 0.1) is 6.61 Å². The highest BCUT2D eigenvalue weighted by atomic mass is 16.3.